The molecule has 0 bridgehead atoms. The number of hydrogen-bond acceptors (Lipinski definition) is 4. The van der Waals surface area contributed by atoms with Crippen LogP contribution in [0.2, 0.25) is 0 Å². The normalized spacial score (nSPS) is 14.7. The van der Waals surface area contributed by atoms with Crippen LogP contribution in [0.15, 0.2) is 47.6 Å². The molecule has 5 nitrogen and oxygen atoms in total. The van der Waals surface area contributed by atoms with E-state index in [9.17, 15) is 9.59 Å². The van der Waals surface area contributed by atoms with Crippen LogP contribution in [0.4, 0.5) is 11.4 Å². The third-order valence-electron chi connectivity index (χ3n) is 4.57. The van der Waals surface area contributed by atoms with Crippen LogP contribution in [-0.2, 0) is 4.79 Å². The van der Waals surface area contributed by atoms with Gasteiger partial charge in [-0.25, -0.2) is 4.98 Å². The molecule has 1 saturated carbocycles. The topological polar surface area (TPSA) is 71.1 Å². The number of nitrogens with zero attached hydrogens (tertiary/aromatic N) is 1. The predicted molar refractivity (Wildman–Crippen MR) is 106 cm³/mol. The highest BCUT2D eigenvalue weighted by Crippen LogP contribution is 2.25. The number of thioether (sulfide) groups is 1. The van der Waals surface area contributed by atoms with E-state index < -0.39 is 0 Å². The van der Waals surface area contributed by atoms with Crippen molar-refractivity contribution in [2.75, 3.05) is 16.9 Å². The van der Waals surface area contributed by atoms with Crippen LogP contribution in [0.5, 0.6) is 0 Å². The van der Waals surface area contributed by atoms with Crippen LogP contribution in [0.3, 0.4) is 0 Å². The van der Waals surface area contributed by atoms with Gasteiger partial charge in [0.05, 0.1) is 16.9 Å². The minimum atomic E-state index is -0.225. The molecule has 1 aliphatic carbocycles. The highest BCUT2D eigenvalue weighted by Gasteiger charge is 2.21. The van der Waals surface area contributed by atoms with Crippen molar-refractivity contribution in [3.63, 3.8) is 0 Å². The average Bonchev–Trinajstić information content (AvgIpc) is 2.69. The van der Waals surface area contributed by atoms with E-state index in [0.717, 1.165) is 30.7 Å². The molecule has 2 amide bonds. The number of aromatic nitrogens is 1. The van der Waals surface area contributed by atoms with E-state index in [4.69, 9.17) is 0 Å². The Bertz CT molecular complexity index is 771. The van der Waals surface area contributed by atoms with Crippen molar-refractivity contribution in [1.29, 1.82) is 0 Å². The largest absolute Gasteiger partial charge is 0.326 e. The molecular weight excluding hydrogens is 346 g/mol. The van der Waals surface area contributed by atoms with Crippen molar-refractivity contribution in [3.8, 4) is 0 Å². The third-order valence-corrected chi connectivity index (χ3v) is 5.23. The first kappa shape index (κ1) is 18.5. The summed E-state index contributed by atoms with van der Waals surface area (Å²) in [6, 6.07) is 10.7. The molecule has 1 aliphatic rings. The van der Waals surface area contributed by atoms with E-state index >= 15 is 0 Å². The Morgan fingerprint density at radius 3 is 2.54 bits per heavy atom. The Labute approximate surface area is 158 Å². The van der Waals surface area contributed by atoms with Gasteiger partial charge >= 0.3 is 0 Å². The number of hydrogen-bond donors (Lipinski definition) is 2. The standard InChI is InChI=1S/C20H23N3O2S/c1-26-18-11-10-17(13-21-18)23-20(25)15-8-5-9-16(12-15)22-19(24)14-6-3-2-4-7-14/h5,8-14H,2-4,6-7H2,1H3,(H,22,24)(H,23,25). The molecule has 1 aromatic carbocycles. The molecule has 2 aromatic rings. The Morgan fingerprint density at radius 2 is 1.85 bits per heavy atom. The molecule has 1 fully saturated rings. The number of anilines is 2. The summed E-state index contributed by atoms with van der Waals surface area (Å²) < 4.78 is 0. The maximum Gasteiger partial charge on any atom is 0.255 e. The molecule has 0 atom stereocenters. The fraction of sp³-hybridized carbons (Fsp3) is 0.350. The minimum Gasteiger partial charge on any atom is -0.326 e. The summed E-state index contributed by atoms with van der Waals surface area (Å²) in [6.07, 6.45) is 8.93. The third kappa shape index (κ3) is 4.85. The highest BCUT2D eigenvalue weighted by molar-refractivity contribution is 7.98. The summed E-state index contributed by atoms with van der Waals surface area (Å²) in [4.78, 5) is 29.1. The van der Waals surface area contributed by atoms with E-state index in [-0.39, 0.29) is 17.7 Å². The van der Waals surface area contributed by atoms with Gasteiger partial charge in [-0.3, -0.25) is 9.59 Å². The molecule has 0 radical (unpaired) electrons. The summed E-state index contributed by atoms with van der Waals surface area (Å²) in [5.74, 6) is -0.0844. The molecule has 0 unspecified atom stereocenters. The molecule has 0 saturated heterocycles. The van der Waals surface area contributed by atoms with Gasteiger partial charge in [-0.05, 0) is 49.4 Å². The van der Waals surface area contributed by atoms with Gasteiger partial charge in [-0.15, -0.1) is 11.8 Å². The quantitative estimate of drug-likeness (QED) is 0.757. The van der Waals surface area contributed by atoms with Gasteiger partial charge in [0, 0.05) is 17.2 Å². The van der Waals surface area contributed by atoms with Crippen molar-refractivity contribution in [3.05, 3.63) is 48.2 Å². The number of rotatable bonds is 5. The maximum absolute atomic E-state index is 12.5. The first-order valence-electron chi connectivity index (χ1n) is 8.88. The molecule has 26 heavy (non-hydrogen) atoms. The van der Waals surface area contributed by atoms with E-state index in [0.29, 0.717) is 16.9 Å². The lowest BCUT2D eigenvalue weighted by atomic mass is 9.88. The van der Waals surface area contributed by atoms with Crippen molar-refractivity contribution < 1.29 is 9.59 Å². The monoisotopic (exact) mass is 369 g/mol. The van der Waals surface area contributed by atoms with Gasteiger partial charge < -0.3 is 10.6 Å². The van der Waals surface area contributed by atoms with Crippen molar-refractivity contribution in [1.82, 2.24) is 4.98 Å². The Hall–Kier alpha value is -2.34. The minimum absolute atomic E-state index is 0.0547. The van der Waals surface area contributed by atoms with Crippen LogP contribution in [0.1, 0.15) is 42.5 Å². The smallest absolute Gasteiger partial charge is 0.255 e. The second-order valence-electron chi connectivity index (χ2n) is 6.45. The summed E-state index contributed by atoms with van der Waals surface area (Å²) in [7, 11) is 0. The van der Waals surface area contributed by atoms with E-state index in [1.54, 1.807) is 36.2 Å². The van der Waals surface area contributed by atoms with Crippen LogP contribution < -0.4 is 10.6 Å². The molecule has 136 valence electrons. The summed E-state index contributed by atoms with van der Waals surface area (Å²) >= 11 is 1.55. The molecule has 6 heteroatoms. The number of benzene rings is 1. The maximum atomic E-state index is 12.5. The highest BCUT2D eigenvalue weighted by atomic mass is 32.2. The molecule has 1 aromatic heterocycles. The van der Waals surface area contributed by atoms with E-state index in [1.165, 1.54) is 6.42 Å². The van der Waals surface area contributed by atoms with Crippen LogP contribution in [0.25, 0.3) is 0 Å². The first-order chi connectivity index (χ1) is 12.7. The van der Waals surface area contributed by atoms with Gasteiger partial charge in [-0.2, -0.15) is 0 Å². The molecule has 0 aliphatic heterocycles. The zero-order valence-corrected chi connectivity index (χ0v) is 15.6. The second kappa shape index (κ2) is 8.85. The van der Waals surface area contributed by atoms with Crippen molar-refractivity contribution in [2.45, 2.75) is 37.1 Å². The zero-order chi connectivity index (χ0) is 18.4. The molecule has 0 spiro atoms. The van der Waals surface area contributed by atoms with Crippen LogP contribution in [0, 0.1) is 5.92 Å². The fourth-order valence-corrected chi connectivity index (χ4v) is 3.49. The zero-order valence-electron chi connectivity index (χ0n) is 14.8. The Balaban J connectivity index is 1.63. The van der Waals surface area contributed by atoms with Gasteiger partial charge in [0.25, 0.3) is 5.91 Å². The van der Waals surface area contributed by atoms with Crippen molar-refractivity contribution >= 4 is 35.0 Å². The lowest BCUT2D eigenvalue weighted by molar-refractivity contribution is -0.120. The number of carbonyl (C=O) groups excluding carboxylic acids is 2. The van der Waals surface area contributed by atoms with Gasteiger partial charge in [0.2, 0.25) is 5.91 Å². The van der Waals surface area contributed by atoms with Crippen LogP contribution in [-0.4, -0.2) is 23.1 Å². The Morgan fingerprint density at radius 1 is 1.04 bits per heavy atom. The second-order valence-corrected chi connectivity index (χ2v) is 7.27. The van der Waals surface area contributed by atoms with E-state index in [1.807, 2.05) is 24.5 Å². The predicted octanol–water partition coefficient (Wildman–Crippen LogP) is 4.57. The number of nitrogens with one attached hydrogen (secondary N) is 2. The Kier molecular flexibility index (Phi) is 6.28. The lowest BCUT2D eigenvalue weighted by Crippen LogP contribution is -2.24. The van der Waals surface area contributed by atoms with E-state index in [2.05, 4.69) is 15.6 Å². The van der Waals surface area contributed by atoms with Gasteiger partial charge in [0.15, 0.2) is 0 Å². The van der Waals surface area contributed by atoms with Gasteiger partial charge in [0.1, 0.15) is 0 Å². The SMILES string of the molecule is CSc1ccc(NC(=O)c2cccc(NC(=O)C3CCCCC3)c2)cn1. The first-order valence-corrected chi connectivity index (χ1v) is 10.1. The van der Waals surface area contributed by atoms with Crippen LogP contribution >= 0.6 is 11.8 Å². The lowest BCUT2D eigenvalue weighted by Gasteiger charge is -2.20. The molecule has 3 rings (SSSR count). The number of carbonyl (C=O) groups is 2. The molecule has 2 N–H and O–H groups in total. The summed E-state index contributed by atoms with van der Waals surface area (Å²) in [5, 5.41) is 6.68. The molecule has 1 heterocycles. The number of amides is 2. The van der Waals surface area contributed by atoms with Crippen molar-refractivity contribution in [2.24, 2.45) is 5.92 Å². The summed E-state index contributed by atoms with van der Waals surface area (Å²) in [5.41, 5.74) is 1.80. The fourth-order valence-electron chi connectivity index (χ4n) is 3.13. The number of pyridine rings is 1. The summed E-state index contributed by atoms with van der Waals surface area (Å²) in [6.45, 7) is 0. The van der Waals surface area contributed by atoms with Gasteiger partial charge in [-0.1, -0.05) is 25.3 Å². The average molecular weight is 369 g/mol. The molecular formula is C20H23N3O2S.